The Morgan fingerprint density at radius 1 is 1.02 bits per heavy atom. The van der Waals surface area contributed by atoms with Gasteiger partial charge in [-0.2, -0.15) is 0 Å². The number of nitrogen functional groups attached to an aromatic ring is 2. The topological polar surface area (TPSA) is 147 Å². The van der Waals surface area contributed by atoms with Gasteiger partial charge in [0, 0.05) is 50.3 Å². The number of anilines is 3. The van der Waals surface area contributed by atoms with Crippen molar-refractivity contribution in [3.05, 3.63) is 33.7 Å². The summed E-state index contributed by atoms with van der Waals surface area (Å²) < 4.78 is 0. The number of nitrogens with one attached hydrogen (secondary N) is 1. The van der Waals surface area contributed by atoms with E-state index in [1.807, 2.05) is 4.90 Å². The lowest BCUT2D eigenvalue weighted by Gasteiger charge is -2.50. The Bertz CT molecular complexity index is 1270. The van der Waals surface area contributed by atoms with E-state index in [4.69, 9.17) is 34.7 Å². The van der Waals surface area contributed by atoms with E-state index in [0.29, 0.717) is 30.5 Å². The van der Waals surface area contributed by atoms with Crippen molar-refractivity contribution in [2.45, 2.75) is 76.5 Å². The monoisotopic (exact) mass is 589 g/mol. The lowest BCUT2D eigenvalue weighted by Crippen LogP contribution is -2.62. The minimum absolute atomic E-state index is 0.0782. The molecule has 13 heteroatoms. The van der Waals surface area contributed by atoms with E-state index in [1.54, 1.807) is 12.1 Å². The first kappa shape index (κ1) is 28.6. The molecule has 1 saturated carbocycles. The highest BCUT2D eigenvalue weighted by atomic mass is 35.5. The summed E-state index contributed by atoms with van der Waals surface area (Å²) in [5, 5.41) is 3.36. The number of nitrogens with zero attached hydrogens (tertiary/aromatic N) is 6. The van der Waals surface area contributed by atoms with Crippen LogP contribution in [0.5, 0.6) is 0 Å². The van der Waals surface area contributed by atoms with Gasteiger partial charge in [-0.1, -0.05) is 36.5 Å². The lowest BCUT2D eigenvalue weighted by molar-refractivity contribution is 0.0422. The summed E-state index contributed by atoms with van der Waals surface area (Å²) in [5.41, 5.74) is 12.6. The molecule has 0 unspecified atom stereocenters. The highest BCUT2D eigenvalue weighted by Gasteiger charge is 2.39. The maximum atomic E-state index is 13.1. The molecule has 2 aromatic heterocycles. The van der Waals surface area contributed by atoms with Gasteiger partial charge in [0.1, 0.15) is 11.0 Å². The zero-order valence-corrected chi connectivity index (χ0v) is 24.5. The Morgan fingerprint density at radius 2 is 1.75 bits per heavy atom. The van der Waals surface area contributed by atoms with Crippen molar-refractivity contribution in [1.29, 1.82) is 0 Å². The van der Waals surface area contributed by atoms with Gasteiger partial charge in [0.05, 0.1) is 5.56 Å². The lowest BCUT2D eigenvalue weighted by atomic mass is 9.95. The van der Waals surface area contributed by atoms with Crippen molar-refractivity contribution in [2.75, 3.05) is 42.5 Å². The first-order valence-corrected chi connectivity index (χ1v) is 14.8. The number of carbonyl (C=O) groups excluding carboxylic acids is 2. The molecule has 40 heavy (non-hydrogen) atoms. The summed E-state index contributed by atoms with van der Waals surface area (Å²) in [6.45, 7) is 7.17. The third-order valence-corrected chi connectivity index (χ3v) is 8.57. The molecule has 5 rings (SSSR count). The van der Waals surface area contributed by atoms with Crippen molar-refractivity contribution in [3.8, 4) is 0 Å². The number of rotatable bonds is 7. The molecule has 2 saturated heterocycles. The SMILES string of the molecule is CCC[C@H]1CN(c2nc(N)c(C(=O)NC3CC3)nc2Cl)[C@H](C)CN1C1CCN(C(=O)c2ccc(Cl)nc2N)CC1. The van der Waals surface area contributed by atoms with Crippen molar-refractivity contribution >= 4 is 52.5 Å². The summed E-state index contributed by atoms with van der Waals surface area (Å²) in [6.07, 6.45) is 5.73. The highest BCUT2D eigenvalue weighted by molar-refractivity contribution is 6.32. The fourth-order valence-corrected chi connectivity index (χ4v) is 6.24. The van der Waals surface area contributed by atoms with E-state index in [-0.39, 0.29) is 57.6 Å². The quantitative estimate of drug-likeness (QED) is 0.414. The van der Waals surface area contributed by atoms with E-state index in [9.17, 15) is 9.59 Å². The van der Waals surface area contributed by atoms with E-state index in [1.165, 1.54) is 0 Å². The number of nitrogens with two attached hydrogens (primary N) is 2. The number of amides is 2. The second-order valence-electron chi connectivity index (χ2n) is 11.1. The summed E-state index contributed by atoms with van der Waals surface area (Å²) in [5.74, 6) is 0.329. The van der Waals surface area contributed by atoms with Crippen LogP contribution in [0.3, 0.4) is 0 Å². The van der Waals surface area contributed by atoms with Crippen molar-refractivity contribution in [2.24, 2.45) is 0 Å². The first-order valence-electron chi connectivity index (χ1n) is 14.0. The largest absolute Gasteiger partial charge is 0.383 e. The molecule has 3 fully saturated rings. The zero-order valence-electron chi connectivity index (χ0n) is 22.9. The Kier molecular flexibility index (Phi) is 8.53. The molecule has 2 aromatic rings. The number of likely N-dealkylation sites (tertiary alicyclic amines) is 1. The second kappa shape index (κ2) is 11.9. The molecular formula is C27H37Cl2N9O2. The summed E-state index contributed by atoms with van der Waals surface area (Å²) >= 11 is 12.5. The zero-order chi connectivity index (χ0) is 28.6. The fraction of sp³-hybridized carbons (Fsp3) is 0.593. The number of hydrogen-bond acceptors (Lipinski definition) is 9. The highest BCUT2D eigenvalue weighted by Crippen LogP contribution is 2.33. The molecular weight excluding hydrogens is 553 g/mol. The first-order chi connectivity index (χ1) is 19.2. The van der Waals surface area contributed by atoms with Gasteiger partial charge >= 0.3 is 0 Å². The van der Waals surface area contributed by atoms with Gasteiger partial charge in [0.25, 0.3) is 11.8 Å². The molecule has 0 aromatic carbocycles. The van der Waals surface area contributed by atoms with Crippen LogP contribution in [0.2, 0.25) is 10.3 Å². The van der Waals surface area contributed by atoms with Crippen LogP contribution in [0.4, 0.5) is 17.5 Å². The van der Waals surface area contributed by atoms with Gasteiger partial charge in [-0.25, -0.2) is 15.0 Å². The minimum atomic E-state index is -0.331. The van der Waals surface area contributed by atoms with E-state index >= 15 is 0 Å². The summed E-state index contributed by atoms with van der Waals surface area (Å²) in [4.78, 5) is 45.2. The third kappa shape index (κ3) is 6.06. The van der Waals surface area contributed by atoms with Gasteiger partial charge in [-0.15, -0.1) is 0 Å². The number of hydrogen-bond donors (Lipinski definition) is 3. The molecule has 2 aliphatic heterocycles. The van der Waals surface area contributed by atoms with E-state index in [2.05, 4.69) is 43.9 Å². The van der Waals surface area contributed by atoms with Crippen molar-refractivity contribution in [3.63, 3.8) is 0 Å². The van der Waals surface area contributed by atoms with Gasteiger partial charge in [0.2, 0.25) is 0 Å². The molecule has 0 spiro atoms. The van der Waals surface area contributed by atoms with Crippen LogP contribution in [-0.2, 0) is 0 Å². The molecule has 3 aliphatic rings. The smallest absolute Gasteiger partial charge is 0.274 e. The standard InChI is InChI=1S/C27H37Cl2N9O2/c1-3-4-18-14-37(25-22(29)34-21(24(31)35-25)26(39)32-16-5-6-16)15(2)13-38(18)17-9-11-36(12-10-17)27(40)19-7-8-20(28)33-23(19)30/h7-8,15-18H,3-6,9-14H2,1-2H3,(H2,30,33)(H2,31,35)(H,32,39)/t15-,18+/m1/s1. The molecule has 2 atom stereocenters. The van der Waals surface area contributed by atoms with Crippen LogP contribution in [0, 0.1) is 0 Å². The molecule has 2 amide bonds. The Balaban J connectivity index is 1.26. The molecule has 1 aliphatic carbocycles. The van der Waals surface area contributed by atoms with E-state index in [0.717, 1.165) is 51.6 Å². The predicted octanol–water partition coefficient (Wildman–Crippen LogP) is 3.22. The van der Waals surface area contributed by atoms with Gasteiger partial charge in [-0.3, -0.25) is 14.5 Å². The fourth-order valence-electron chi connectivity index (χ4n) is 5.85. The molecule has 4 heterocycles. The number of pyridine rings is 1. The van der Waals surface area contributed by atoms with Crippen LogP contribution < -0.4 is 21.7 Å². The van der Waals surface area contributed by atoms with Crippen molar-refractivity contribution < 1.29 is 9.59 Å². The molecule has 11 nitrogen and oxygen atoms in total. The van der Waals surface area contributed by atoms with Crippen LogP contribution >= 0.6 is 23.2 Å². The number of piperidine rings is 1. The van der Waals surface area contributed by atoms with E-state index < -0.39 is 0 Å². The van der Waals surface area contributed by atoms with Crippen LogP contribution in [0.15, 0.2) is 12.1 Å². The number of carbonyl (C=O) groups is 2. The van der Waals surface area contributed by atoms with Crippen LogP contribution in [0.25, 0.3) is 0 Å². The Hall–Kier alpha value is -2.89. The molecule has 0 bridgehead atoms. The van der Waals surface area contributed by atoms with Crippen LogP contribution in [-0.4, -0.2) is 86.9 Å². The molecule has 0 radical (unpaired) electrons. The summed E-state index contributed by atoms with van der Waals surface area (Å²) in [7, 11) is 0. The average Bonchev–Trinajstić information content (AvgIpc) is 3.74. The van der Waals surface area contributed by atoms with Gasteiger partial charge in [0.15, 0.2) is 22.5 Å². The summed E-state index contributed by atoms with van der Waals surface area (Å²) in [6, 6.07) is 4.16. The maximum absolute atomic E-state index is 13.1. The normalized spacial score (nSPS) is 22.4. The van der Waals surface area contributed by atoms with Crippen LogP contribution in [0.1, 0.15) is 73.2 Å². The number of halogens is 2. The second-order valence-corrected chi connectivity index (χ2v) is 11.8. The third-order valence-electron chi connectivity index (χ3n) is 8.11. The minimum Gasteiger partial charge on any atom is -0.383 e. The van der Waals surface area contributed by atoms with Gasteiger partial charge < -0.3 is 26.6 Å². The number of piperazine rings is 1. The maximum Gasteiger partial charge on any atom is 0.274 e. The number of aromatic nitrogens is 3. The Morgan fingerprint density at radius 3 is 2.40 bits per heavy atom. The predicted molar refractivity (Wildman–Crippen MR) is 157 cm³/mol. The molecule has 5 N–H and O–H groups in total. The average molecular weight is 591 g/mol. The van der Waals surface area contributed by atoms with Gasteiger partial charge in [-0.05, 0) is 51.2 Å². The molecule has 216 valence electrons. The Labute approximate surface area is 244 Å². The van der Waals surface area contributed by atoms with Crippen molar-refractivity contribution in [1.82, 2.24) is 30.1 Å².